The van der Waals surface area contributed by atoms with Gasteiger partial charge in [-0.2, -0.15) is 8.78 Å². The summed E-state index contributed by atoms with van der Waals surface area (Å²) in [6.45, 7) is 2.33. The molecule has 0 aromatic heterocycles. The van der Waals surface area contributed by atoms with Crippen LogP contribution in [0.4, 0.5) is 22.0 Å². The van der Waals surface area contributed by atoms with E-state index in [1.807, 2.05) is 6.92 Å². The van der Waals surface area contributed by atoms with Gasteiger partial charge in [0.15, 0.2) is 0 Å². The summed E-state index contributed by atoms with van der Waals surface area (Å²) in [5.74, 6) is -13.9. The molecule has 0 amide bonds. The molecule has 1 aromatic carbocycles. The van der Waals surface area contributed by atoms with Gasteiger partial charge >= 0.3 is 11.9 Å². The van der Waals surface area contributed by atoms with Crippen LogP contribution in [0.5, 0.6) is 5.75 Å². The second kappa shape index (κ2) is 12.3. The van der Waals surface area contributed by atoms with Gasteiger partial charge in [-0.25, -0.2) is 13.2 Å². The highest BCUT2D eigenvalue weighted by atomic mass is 19.2. The van der Waals surface area contributed by atoms with Crippen molar-refractivity contribution >= 4 is 11.9 Å². The maximum atomic E-state index is 13.4. The Balaban J connectivity index is 2.24. The van der Waals surface area contributed by atoms with Crippen molar-refractivity contribution in [2.75, 3.05) is 6.61 Å². The second-order valence-electron chi connectivity index (χ2n) is 6.21. The number of carbonyl (C=O) groups excluding carboxylic acids is 2. The number of ether oxygens (including phenoxy) is 2. The summed E-state index contributed by atoms with van der Waals surface area (Å²) < 4.78 is 75.1. The molecule has 0 radical (unpaired) electrons. The molecule has 0 N–H and O–H groups in total. The van der Waals surface area contributed by atoms with E-state index in [4.69, 9.17) is 4.74 Å². The minimum atomic E-state index is -2.31. The van der Waals surface area contributed by atoms with Crippen LogP contribution in [0.15, 0.2) is 0 Å². The van der Waals surface area contributed by atoms with Crippen molar-refractivity contribution in [3.8, 4) is 5.75 Å². The Hall–Kier alpha value is -2.19. The van der Waals surface area contributed by atoms with E-state index < -0.39 is 40.8 Å². The second-order valence-corrected chi connectivity index (χ2v) is 6.21. The lowest BCUT2D eigenvalue weighted by Gasteiger charge is -2.08. The predicted octanol–water partition coefficient (Wildman–Crippen LogP) is 5.36. The van der Waals surface area contributed by atoms with Gasteiger partial charge in [-0.3, -0.25) is 9.59 Å². The van der Waals surface area contributed by atoms with E-state index in [-0.39, 0.29) is 12.4 Å². The molecular weight excluding hydrogens is 387 g/mol. The Bertz CT molecular complexity index is 650. The summed E-state index contributed by atoms with van der Waals surface area (Å²) in [5.41, 5.74) is 0. The van der Waals surface area contributed by atoms with E-state index in [9.17, 15) is 31.5 Å². The number of unbranched alkanes of at least 4 members (excludes halogenated alkanes) is 5. The van der Waals surface area contributed by atoms with Gasteiger partial charge in [0.1, 0.15) is 0 Å². The SMILES string of the molecule is CCCOC(=O)CCCCCCCCC(=O)Oc1c(F)c(F)c(F)c(F)c1F. The molecule has 9 heteroatoms. The molecule has 0 aliphatic rings. The number of halogens is 5. The summed E-state index contributed by atoms with van der Waals surface area (Å²) in [6.07, 6.45) is 4.98. The van der Waals surface area contributed by atoms with E-state index in [2.05, 4.69) is 4.74 Å². The minimum Gasteiger partial charge on any atom is -0.466 e. The minimum absolute atomic E-state index is 0.219. The fourth-order valence-electron chi connectivity index (χ4n) is 2.37. The first-order valence-electron chi connectivity index (χ1n) is 9.17. The Kier molecular flexibility index (Phi) is 10.5. The highest BCUT2D eigenvalue weighted by molar-refractivity contribution is 5.72. The normalized spacial score (nSPS) is 10.8. The Morgan fingerprint density at radius 2 is 1.11 bits per heavy atom. The van der Waals surface area contributed by atoms with Gasteiger partial charge in [-0.05, 0) is 19.3 Å². The summed E-state index contributed by atoms with van der Waals surface area (Å²) in [7, 11) is 0. The summed E-state index contributed by atoms with van der Waals surface area (Å²) >= 11 is 0. The first-order valence-corrected chi connectivity index (χ1v) is 9.17. The van der Waals surface area contributed by atoms with Gasteiger partial charge in [-0.1, -0.05) is 32.6 Å². The van der Waals surface area contributed by atoms with Crippen LogP contribution in [0.1, 0.15) is 64.7 Å². The number of hydrogen-bond donors (Lipinski definition) is 0. The third-order valence-corrected chi connectivity index (χ3v) is 3.86. The lowest BCUT2D eigenvalue weighted by Crippen LogP contribution is -2.13. The van der Waals surface area contributed by atoms with Crippen LogP contribution in [0.2, 0.25) is 0 Å². The third kappa shape index (κ3) is 7.44. The lowest BCUT2D eigenvalue weighted by molar-refractivity contribution is -0.143. The van der Waals surface area contributed by atoms with Gasteiger partial charge in [0.25, 0.3) is 0 Å². The molecule has 0 saturated heterocycles. The van der Waals surface area contributed by atoms with Gasteiger partial charge < -0.3 is 9.47 Å². The molecule has 28 heavy (non-hydrogen) atoms. The number of rotatable bonds is 12. The van der Waals surface area contributed by atoms with Gasteiger partial charge in [0.2, 0.25) is 34.8 Å². The number of carbonyl (C=O) groups is 2. The monoisotopic (exact) mass is 410 g/mol. The fourth-order valence-corrected chi connectivity index (χ4v) is 2.37. The molecule has 158 valence electrons. The summed E-state index contributed by atoms with van der Waals surface area (Å²) in [5, 5.41) is 0. The van der Waals surface area contributed by atoms with Crippen LogP contribution in [0.25, 0.3) is 0 Å². The van der Waals surface area contributed by atoms with Crippen LogP contribution < -0.4 is 4.74 Å². The van der Waals surface area contributed by atoms with Crippen molar-refractivity contribution in [2.45, 2.75) is 64.7 Å². The molecule has 0 aliphatic carbocycles. The molecule has 0 unspecified atom stereocenters. The molecule has 4 nitrogen and oxygen atoms in total. The van der Waals surface area contributed by atoms with Crippen LogP contribution in [-0.4, -0.2) is 18.5 Å². The van der Waals surface area contributed by atoms with Crippen LogP contribution in [0.3, 0.4) is 0 Å². The van der Waals surface area contributed by atoms with Crippen molar-refractivity contribution in [2.24, 2.45) is 0 Å². The van der Waals surface area contributed by atoms with Crippen molar-refractivity contribution in [1.82, 2.24) is 0 Å². The van der Waals surface area contributed by atoms with Crippen LogP contribution in [0, 0.1) is 29.1 Å². The average molecular weight is 410 g/mol. The number of esters is 2. The largest absolute Gasteiger partial charge is 0.466 e. The molecule has 0 bridgehead atoms. The van der Waals surface area contributed by atoms with E-state index in [0.29, 0.717) is 32.3 Å². The Morgan fingerprint density at radius 3 is 1.61 bits per heavy atom. The molecule has 1 rings (SSSR count). The zero-order valence-corrected chi connectivity index (χ0v) is 15.6. The van der Waals surface area contributed by atoms with Gasteiger partial charge in [-0.15, -0.1) is 0 Å². The highest BCUT2D eigenvalue weighted by Crippen LogP contribution is 2.29. The molecule has 0 saturated carbocycles. The van der Waals surface area contributed by atoms with E-state index >= 15 is 0 Å². The van der Waals surface area contributed by atoms with Crippen molar-refractivity contribution in [3.05, 3.63) is 29.1 Å². The first-order chi connectivity index (χ1) is 13.3. The molecule has 1 aromatic rings. The van der Waals surface area contributed by atoms with Gasteiger partial charge in [0.05, 0.1) is 6.61 Å². The molecule has 0 heterocycles. The zero-order valence-electron chi connectivity index (χ0n) is 15.6. The molecule has 0 spiro atoms. The molecule has 0 aliphatic heterocycles. The van der Waals surface area contributed by atoms with Crippen molar-refractivity contribution in [1.29, 1.82) is 0 Å². The maximum Gasteiger partial charge on any atom is 0.311 e. The van der Waals surface area contributed by atoms with Gasteiger partial charge in [0, 0.05) is 12.8 Å². The van der Waals surface area contributed by atoms with E-state index in [1.54, 1.807) is 0 Å². The average Bonchev–Trinajstić information content (AvgIpc) is 2.68. The highest BCUT2D eigenvalue weighted by Gasteiger charge is 2.28. The number of benzene rings is 1. The van der Waals surface area contributed by atoms with Crippen LogP contribution in [-0.2, 0) is 14.3 Å². The van der Waals surface area contributed by atoms with E-state index in [0.717, 1.165) is 25.7 Å². The van der Waals surface area contributed by atoms with Crippen molar-refractivity contribution in [3.63, 3.8) is 0 Å². The van der Waals surface area contributed by atoms with E-state index in [1.165, 1.54) is 0 Å². The summed E-state index contributed by atoms with van der Waals surface area (Å²) in [4.78, 5) is 22.9. The Labute approximate surface area is 160 Å². The smallest absolute Gasteiger partial charge is 0.311 e. The summed E-state index contributed by atoms with van der Waals surface area (Å²) in [6, 6.07) is 0. The molecule has 0 atom stereocenters. The topological polar surface area (TPSA) is 52.6 Å². The quantitative estimate of drug-likeness (QED) is 0.116. The van der Waals surface area contributed by atoms with Crippen LogP contribution >= 0.6 is 0 Å². The first kappa shape index (κ1) is 23.8. The Morgan fingerprint density at radius 1 is 0.679 bits per heavy atom. The number of hydrogen-bond acceptors (Lipinski definition) is 4. The predicted molar refractivity (Wildman–Crippen MR) is 90.1 cm³/mol. The molecule has 0 fully saturated rings. The van der Waals surface area contributed by atoms with Crippen molar-refractivity contribution < 1.29 is 41.0 Å². The lowest BCUT2D eigenvalue weighted by atomic mass is 10.1. The standard InChI is InChI=1S/C19H23F5O4/c1-2-11-27-12(25)9-7-5-3-4-6-8-10-13(26)28-19-17(23)15(21)14(20)16(22)18(19)24/h2-11H2,1H3. The zero-order chi connectivity index (χ0) is 21.1. The third-order valence-electron chi connectivity index (χ3n) is 3.86. The molecular formula is C19H23F5O4. The fraction of sp³-hybridized carbons (Fsp3) is 0.579. The maximum absolute atomic E-state index is 13.4.